The Morgan fingerprint density at radius 1 is 1.23 bits per heavy atom. The van der Waals surface area contributed by atoms with E-state index in [9.17, 15) is 9.90 Å². The van der Waals surface area contributed by atoms with Crippen molar-refractivity contribution in [3.8, 4) is 16.2 Å². The molecule has 0 saturated carbocycles. The monoisotopic (exact) mass is 364 g/mol. The number of aromatic carboxylic acids is 1. The maximum Gasteiger partial charge on any atom is 0.349 e. The summed E-state index contributed by atoms with van der Waals surface area (Å²) >= 11 is 1.21. The maximum atomic E-state index is 11.6. The number of hydrogen-bond donors (Lipinski definition) is 2. The summed E-state index contributed by atoms with van der Waals surface area (Å²) in [4.78, 5) is 20.0. The third-order valence-electron chi connectivity index (χ3n) is 4.24. The van der Waals surface area contributed by atoms with Crippen LogP contribution in [-0.2, 0) is 6.61 Å². The van der Waals surface area contributed by atoms with Gasteiger partial charge in [-0.2, -0.15) is 0 Å². The largest absolute Gasteiger partial charge is 0.487 e. The van der Waals surface area contributed by atoms with E-state index in [2.05, 4.69) is 9.97 Å². The van der Waals surface area contributed by atoms with Gasteiger partial charge in [0.15, 0.2) is 4.88 Å². The molecule has 0 fully saturated rings. The van der Waals surface area contributed by atoms with Crippen LogP contribution in [0.3, 0.4) is 0 Å². The van der Waals surface area contributed by atoms with Crippen molar-refractivity contribution >= 4 is 28.3 Å². The molecule has 0 aliphatic carbocycles. The molecule has 4 aromatic rings. The van der Waals surface area contributed by atoms with Crippen LogP contribution in [0.2, 0.25) is 0 Å². The number of carbonyl (C=O) groups is 1. The fraction of sp³-hybridized carbons (Fsp3) is 0.100. The topological polar surface area (TPSA) is 75.2 Å². The Labute approximate surface area is 153 Å². The van der Waals surface area contributed by atoms with Crippen molar-refractivity contribution in [2.75, 3.05) is 0 Å². The van der Waals surface area contributed by atoms with Crippen LogP contribution in [0, 0.1) is 6.92 Å². The van der Waals surface area contributed by atoms with Crippen LogP contribution < -0.4 is 4.74 Å². The van der Waals surface area contributed by atoms with E-state index in [1.807, 2.05) is 49.4 Å². The van der Waals surface area contributed by atoms with Gasteiger partial charge in [0.05, 0.1) is 17.4 Å². The van der Waals surface area contributed by atoms with Gasteiger partial charge in [0.2, 0.25) is 0 Å². The molecule has 0 atom stereocenters. The lowest BCUT2D eigenvalue weighted by molar-refractivity contribution is 0.0697. The number of benzene rings is 2. The minimum absolute atomic E-state index is 0.207. The van der Waals surface area contributed by atoms with E-state index in [4.69, 9.17) is 4.74 Å². The number of aromatic amines is 1. The van der Waals surface area contributed by atoms with Crippen molar-refractivity contribution in [1.29, 1.82) is 0 Å². The molecular weight excluding hydrogens is 348 g/mol. The first kappa shape index (κ1) is 16.4. The quantitative estimate of drug-likeness (QED) is 0.529. The van der Waals surface area contributed by atoms with Crippen LogP contribution in [0.1, 0.15) is 20.8 Å². The summed E-state index contributed by atoms with van der Waals surface area (Å²) < 4.78 is 5.85. The molecule has 0 radical (unpaired) electrons. The lowest BCUT2D eigenvalue weighted by atomic mass is 10.1. The first-order chi connectivity index (χ1) is 12.6. The van der Waals surface area contributed by atoms with E-state index in [1.165, 1.54) is 11.3 Å². The molecule has 0 spiro atoms. The number of aryl methyl sites for hydroxylation is 1. The van der Waals surface area contributed by atoms with Gasteiger partial charge >= 0.3 is 5.97 Å². The van der Waals surface area contributed by atoms with Crippen LogP contribution >= 0.6 is 11.3 Å². The molecule has 0 aliphatic rings. The predicted molar refractivity (Wildman–Crippen MR) is 102 cm³/mol. The highest BCUT2D eigenvalue weighted by molar-refractivity contribution is 7.17. The van der Waals surface area contributed by atoms with Crippen LogP contribution in [0.15, 0.2) is 54.9 Å². The molecule has 0 aliphatic heterocycles. The number of imidazole rings is 1. The molecule has 2 heterocycles. The molecule has 0 amide bonds. The average Bonchev–Trinajstić information content (AvgIpc) is 3.27. The van der Waals surface area contributed by atoms with Crippen LogP contribution in [0.25, 0.3) is 21.5 Å². The second-order valence-corrected chi connectivity index (χ2v) is 7.01. The third-order valence-corrected chi connectivity index (χ3v) is 5.39. The highest BCUT2D eigenvalue weighted by Crippen LogP contribution is 2.37. The summed E-state index contributed by atoms with van der Waals surface area (Å²) in [5, 5.41) is 9.53. The predicted octanol–water partition coefficient (Wildman–Crippen LogP) is 4.88. The number of ether oxygens (including phenoxy) is 1. The van der Waals surface area contributed by atoms with Crippen molar-refractivity contribution < 1.29 is 14.6 Å². The van der Waals surface area contributed by atoms with Crippen molar-refractivity contribution in [2.24, 2.45) is 0 Å². The van der Waals surface area contributed by atoms with E-state index in [0.29, 0.717) is 12.4 Å². The normalized spacial score (nSPS) is 11.0. The molecule has 2 aromatic carbocycles. The SMILES string of the molecule is Cc1ccccc1COc1cc(-c2ccc3nc[nH]c3c2)sc1C(=O)O. The second-order valence-electron chi connectivity index (χ2n) is 5.96. The van der Waals surface area contributed by atoms with Gasteiger partial charge in [0.25, 0.3) is 0 Å². The van der Waals surface area contributed by atoms with Gasteiger partial charge in [0, 0.05) is 4.88 Å². The highest BCUT2D eigenvalue weighted by Gasteiger charge is 2.18. The Balaban J connectivity index is 1.66. The summed E-state index contributed by atoms with van der Waals surface area (Å²) in [6.45, 7) is 2.35. The summed E-state index contributed by atoms with van der Waals surface area (Å²) in [6.07, 6.45) is 1.64. The van der Waals surface area contributed by atoms with Gasteiger partial charge in [-0.15, -0.1) is 11.3 Å². The van der Waals surface area contributed by atoms with Crippen LogP contribution in [0.4, 0.5) is 0 Å². The van der Waals surface area contributed by atoms with Gasteiger partial charge in [-0.1, -0.05) is 30.3 Å². The number of hydrogen-bond acceptors (Lipinski definition) is 4. The fourth-order valence-electron chi connectivity index (χ4n) is 2.79. The summed E-state index contributed by atoms with van der Waals surface area (Å²) in [6, 6.07) is 15.5. The number of rotatable bonds is 5. The van der Waals surface area contributed by atoms with Crippen LogP contribution in [0.5, 0.6) is 5.75 Å². The maximum absolute atomic E-state index is 11.6. The molecule has 2 N–H and O–H groups in total. The smallest absolute Gasteiger partial charge is 0.349 e. The molecule has 0 saturated heterocycles. The first-order valence-corrected chi connectivity index (χ1v) is 8.91. The minimum atomic E-state index is -0.983. The van der Waals surface area contributed by atoms with Crippen molar-refractivity contribution in [2.45, 2.75) is 13.5 Å². The summed E-state index contributed by atoms with van der Waals surface area (Å²) in [5.41, 5.74) is 4.87. The number of H-pyrrole nitrogens is 1. The standard InChI is InChI=1S/C20H16N2O3S/c1-12-4-2-3-5-14(12)10-25-17-9-18(26-19(17)20(23)24)13-6-7-15-16(8-13)22-11-21-15/h2-9,11H,10H2,1H3,(H,21,22)(H,23,24). The number of carboxylic acid groups (broad SMARTS) is 1. The van der Waals surface area contributed by atoms with Crippen molar-refractivity contribution in [3.05, 3.63) is 70.9 Å². The summed E-state index contributed by atoms with van der Waals surface area (Å²) in [5.74, 6) is -0.589. The lowest BCUT2D eigenvalue weighted by Gasteiger charge is -2.07. The Hall–Kier alpha value is -3.12. The molecule has 26 heavy (non-hydrogen) atoms. The minimum Gasteiger partial charge on any atom is -0.487 e. The fourth-order valence-corrected chi connectivity index (χ4v) is 3.73. The van der Waals surface area contributed by atoms with E-state index >= 15 is 0 Å². The Kier molecular flexibility index (Phi) is 4.18. The van der Waals surface area contributed by atoms with Gasteiger partial charge < -0.3 is 14.8 Å². The first-order valence-electron chi connectivity index (χ1n) is 8.10. The van der Waals surface area contributed by atoms with E-state index in [1.54, 1.807) is 12.4 Å². The third kappa shape index (κ3) is 3.07. The highest BCUT2D eigenvalue weighted by atomic mass is 32.1. The lowest BCUT2D eigenvalue weighted by Crippen LogP contribution is -2.01. The second kappa shape index (κ2) is 6.65. The molecule has 6 heteroatoms. The Morgan fingerprint density at radius 3 is 2.88 bits per heavy atom. The molecule has 2 aromatic heterocycles. The number of fused-ring (bicyclic) bond motifs is 1. The Morgan fingerprint density at radius 2 is 2.08 bits per heavy atom. The molecule has 130 valence electrons. The number of nitrogens with one attached hydrogen (secondary N) is 1. The molecule has 4 rings (SSSR count). The molecule has 0 bridgehead atoms. The van der Waals surface area contributed by atoms with E-state index < -0.39 is 5.97 Å². The van der Waals surface area contributed by atoms with E-state index in [-0.39, 0.29) is 4.88 Å². The zero-order valence-electron chi connectivity index (χ0n) is 14.0. The summed E-state index contributed by atoms with van der Waals surface area (Å²) in [7, 11) is 0. The number of thiophene rings is 1. The number of carboxylic acids is 1. The van der Waals surface area contributed by atoms with Crippen molar-refractivity contribution in [1.82, 2.24) is 9.97 Å². The Bertz CT molecular complexity index is 1100. The number of nitrogens with zero attached hydrogens (tertiary/aromatic N) is 1. The van der Waals surface area contributed by atoms with Crippen LogP contribution in [-0.4, -0.2) is 21.0 Å². The van der Waals surface area contributed by atoms with Gasteiger partial charge in [-0.3, -0.25) is 0 Å². The molecule has 0 unspecified atom stereocenters. The van der Waals surface area contributed by atoms with Gasteiger partial charge in [-0.05, 0) is 41.8 Å². The molecular formula is C20H16N2O3S. The molecule has 5 nitrogen and oxygen atoms in total. The zero-order valence-corrected chi connectivity index (χ0v) is 14.8. The van der Waals surface area contributed by atoms with Crippen molar-refractivity contribution in [3.63, 3.8) is 0 Å². The van der Waals surface area contributed by atoms with Gasteiger partial charge in [0.1, 0.15) is 12.4 Å². The average molecular weight is 364 g/mol. The zero-order chi connectivity index (χ0) is 18.1. The van der Waals surface area contributed by atoms with E-state index in [0.717, 1.165) is 32.6 Å². The van der Waals surface area contributed by atoms with Gasteiger partial charge in [-0.25, -0.2) is 9.78 Å². The number of aromatic nitrogens is 2.